The van der Waals surface area contributed by atoms with E-state index in [2.05, 4.69) is 0 Å². The van der Waals surface area contributed by atoms with Gasteiger partial charge in [-0.1, -0.05) is 55.5 Å². The molecular formula is C19H21NO2. The molecule has 1 aliphatic heterocycles. The highest BCUT2D eigenvalue weighted by Gasteiger charge is 2.41. The number of rotatable bonds is 2. The van der Waals surface area contributed by atoms with E-state index in [4.69, 9.17) is 0 Å². The molecule has 1 heterocycles. The van der Waals surface area contributed by atoms with Gasteiger partial charge in [-0.3, -0.25) is 4.79 Å². The van der Waals surface area contributed by atoms with Crippen LogP contribution in [0.2, 0.25) is 0 Å². The largest absolute Gasteiger partial charge is 0.385 e. The molecule has 1 N–H and O–H groups in total. The van der Waals surface area contributed by atoms with Gasteiger partial charge >= 0.3 is 0 Å². The third-order valence-corrected chi connectivity index (χ3v) is 4.65. The zero-order chi connectivity index (χ0) is 15.6. The second-order valence-corrected chi connectivity index (χ2v) is 6.06. The highest BCUT2D eigenvalue weighted by molar-refractivity contribution is 5.94. The number of carbonyl (C=O) groups is 1. The van der Waals surface area contributed by atoms with Crippen molar-refractivity contribution in [1.29, 1.82) is 0 Å². The average Bonchev–Trinajstić information content (AvgIpc) is 2.58. The molecule has 0 spiro atoms. The Bertz CT molecular complexity index is 641. The number of benzene rings is 2. The summed E-state index contributed by atoms with van der Waals surface area (Å²) in [7, 11) is 0. The molecule has 3 rings (SSSR count). The molecule has 2 atom stereocenters. The van der Waals surface area contributed by atoms with E-state index in [9.17, 15) is 9.90 Å². The summed E-state index contributed by atoms with van der Waals surface area (Å²) in [5.74, 6) is 0.0406. The number of likely N-dealkylation sites (tertiary alicyclic amines) is 1. The number of hydrogen-bond donors (Lipinski definition) is 1. The molecule has 0 radical (unpaired) electrons. The van der Waals surface area contributed by atoms with E-state index in [1.807, 2.05) is 72.5 Å². The second-order valence-electron chi connectivity index (χ2n) is 6.06. The molecule has 0 aromatic heterocycles. The molecule has 2 aromatic carbocycles. The van der Waals surface area contributed by atoms with E-state index < -0.39 is 5.60 Å². The van der Waals surface area contributed by atoms with Crippen molar-refractivity contribution in [3.8, 4) is 0 Å². The second kappa shape index (κ2) is 5.93. The summed E-state index contributed by atoms with van der Waals surface area (Å²) in [5.41, 5.74) is 0.795. The molecule has 1 fully saturated rings. The first-order valence-corrected chi connectivity index (χ1v) is 7.73. The normalized spacial score (nSPS) is 25.0. The maximum atomic E-state index is 12.5. The molecule has 1 saturated heterocycles. The van der Waals surface area contributed by atoms with Gasteiger partial charge in [-0.2, -0.15) is 0 Å². The highest BCUT2D eigenvalue weighted by Crippen LogP contribution is 2.37. The van der Waals surface area contributed by atoms with E-state index in [-0.39, 0.29) is 11.8 Å². The van der Waals surface area contributed by atoms with Gasteiger partial charge in [-0.15, -0.1) is 0 Å². The summed E-state index contributed by atoms with van der Waals surface area (Å²) in [6.45, 7) is 3.15. The van der Waals surface area contributed by atoms with Crippen LogP contribution in [-0.2, 0) is 5.60 Å². The molecular weight excluding hydrogens is 274 g/mol. The van der Waals surface area contributed by atoms with Crippen LogP contribution in [0.15, 0.2) is 60.7 Å². The number of piperidine rings is 1. The van der Waals surface area contributed by atoms with E-state index in [1.54, 1.807) is 0 Å². The minimum absolute atomic E-state index is 0.00341. The van der Waals surface area contributed by atoms with Crippen LogP contribution in [0, 0.1) is 5.92 Å². The van der Waals surface area contributed by atoms with Gasteiger partial charge in [0.2, 0.25) is 0 Å². The predicted molar refractivity (Wildman–Crippen MR) is 86.5 cm³/mol. The summed E-state index contributed by atoms with van der Waals surface area (Å²) in [6.07, 6.45) is 0.566. The Balaban J connectivity index is 1.77. The fourth-order valence-electron chi connectivity index (χ4n) is 3.23. The molecule has 3 nitrogen and oxygen atoms in total. The van der Waals surface area contributed by atoms with Crippen molar-refractivity contribution in [2.75, 3.05) is 13.1 Å². The van der Waals surface area contributed by atoms with Crippen molar-refractivity contribution < 1.29 is 9.90 Å². The van der Waals surface area contributed by atoms with Gasteiger partial charge in [-0.25, -0.2) is 0 Å². The summed E-state index contributed by atoms with van der Waals surface area (Å²) in [5, 5.41) is 11.0. The van der Waals surface area contributed by atoms with Crippen LogP contribution in [0.1, 0.15) is 29.3 Å². The third-order valence-electron chi connectivity index (χ3n) is 4.65. The van der Waals surface area contributed by atoms with E-state index in [0.29, 0.717) is 25.1 Å². The molecule has 114 valence electrons. The maximum absolute atomic E-state index is 12.5. The Morgan fingerprint density at radius 1 is 1.09 bits per heavy atom. The lowest BCUT2D eigenvalue weighted by Gasteiger charge is -2.43. The first-order valence-electron chi connectivity index (χ1n) is 7.73. The molecule has 0 aliphatic carbocycles. The van der Waals surface area contributed by atoms with Crippen LogP contribution in [0.5, 0.6) is 0 Å². The number of aliphatic hydroxyl groups is 1. The van der Waals surface area contributed by atoms with Gasteiger partial charge in [0.1, 0.15) is 0 Å². The number of nitrogens with zero attached hydrogens (tertiary/aromatic N) is 1. The minimum atomic E-state index is -0.852. The summed E-state index contributed by atoms with van der Waals surface area (Å²) >= 11 is 0. The predicted octanol–water partition coefficient (Wildman–Crippen LogP) is 3.06. The van der Waals surface area contributed by atoms with Crippen LogP contribution in [-0.4, -0.2) is 29.0 Å². The minimum Gasteiger partial charge on any atom is -0.385 e. The summed E-state index contributed by atoms with van der Waals surface area (Å²) in [6, 6.07) is 19.1. The van der Waals surface area contributed by atoms with Crippen LogP contribution in [0.3, 0.4) is 0 Å². The smallest absolute Gasteiger partial charge is 0.253 e. The first kappa shape index (κ1) is 14.8. The van der Waals surface area contributed by atoms with Gasteiger partial charge < -0.3 is 10.0 Å². The SMILES string of the molecule is CC1CN(C(=O)c2ccccc2)CCC1(O)c1ccccc1. The maximum Gasteiger partial charge on any atom is 0.253 e. The van der Waals surface area contributed by atoms with Crippen molar-refractivity contribution in [2.45, 2.75) is 18.9 Å². The van der Waals surface area contributed by atoms with Gasteiger partial charge in [0.05, 0.1) is 5.60 Å². The molecule has 2 aromatic rings. The number of carbonyl (C=O) groups excluding carboxylic acids is 1. The third kappa shape index (κ3) is 2.64. The zero-order valence-corrected chi connectivity index (χ0v) is 12.8. The molecule has 1 amide bonds. The van der Waals surface area contributed by atoms with E-state index in [1.165, 1.54) is 0 Å². The standard InChI is InChI=1S/C19H21NO2/c1-15-14-20(18(21)16-8-4-2-5-9-16)13-12-19(15,22)17-10-6-3-7-11-17/h2-11,15,22H,12-14H2,1H3. The molecule has 1 aliphatic rings. The number of hydrogen-bond acceptors (Lipinski definition) is 2. The van der Waals surface area contributed by atoms with Crippen molar-refractivity contribution in [3.05, 3.63) is 71.8 Å². The van der Waals surface area contributed by atoms with Gasteiger partial charge in [0.25, 0.3) is 5.91 Å². The van der Waals surface area contributed by atoms with Gasteiger partial charge in [-0.05, 0) is 24.1 Å². The van der Waals surface area contributed by atoms with Crippen LogP contribution in [0.25, 0.3) is 0 Å². The summed E-state index contributed by atoms with van der Waals surface area (Å²) in [4.78, 5) is 14.4. The van der Waals surface area contributed by atoms with Crippen molar-refractivity contribution in [1.82, 2.24) is 4.90 Å². The lowest BCUT2D eigenvalue weighted by molar-refractivity contribution is -0.0642. The van der Waals surface area contributed by atoms with E-state index in [0.717, 1.165) is 5.56 Å². The van der Waals surface area contributed by atoms with Gasteiger partial charge in [0.15, 0.2) is 0 Å². The van der Waals surface area contributed by atoms with Crippen molar-refractivity contribution in [2.24, 2.45) is 5.92 Å². The zero-order valence-electron chi connectivity index (χ0n) is 12.8. The highest BCUT2D eigenvalue weighted by atomic mass is 16.3. The van der Waals surface area contributed by atoms with Crippen LogP contribution >= 0.6 is 0 Å². The summed E-state index contributed by atoms with van der Waals surface area (Å²) < 4.78 is 0. The Morgan fingerprint density at radius 2 is 1.68 bits per heavy atom. The van der Waals surface area contributed by atoms with Crippen molar-refractivity contribution >= 4 is 5.91 Å². The van der Waals surface area contributed by atoms with Crippen LogP contribution in [0.4, 0.5) is 0 Å². The molecule has 0 saturated carbocycles. The Morgan fingerprint density at radius 3 is 2.27 bits per heavy atom. The van der Waals surface area contributed by atoms with Crippen LogP contribution < -0.4 is 0 Å². The Hall–Kier alpha value is -2.13. The number of amides is 1. The molecule has 22 heavy (non-hydrogen) atoms. The monoisotopic (exact) mass is 295 g/mol. The first-order chi connectivity index (χ1) is 10.6. The fourth-order valence-corrected chi connectivity index (χ4v) is 3.23. The topological polar surface area (TPSA) is 40.5 Å². The fraction of sp³-hybridized carbons (Fsp3) is 0.316. The average molecular weight is 295 g/mol. The van der Waals surface area contributed by atoms with Gasteiger partial charge in [0, 0.05) is 24.6 Å². The van der Waals surface area contributed by atoms with E-state index >= 15 is 0 Å². The lowest BCUT2D eigenvalue weighted by atomic mass is 9.77. The Kier molecular flexibility index (Phi) is 3.99. The Labute approximate surface area is 131 Å². The quantitative estimate of drug-likeness (QED) is 0.925. The van der Waals surface area contributed by atoms with Crippen molar-refractivity contribution in [3.63, 3.8) is 0 Å². The molecule has 2 unspecified atom stereocenters. The molecule has 0 bridgehead atoms. The molecule has 3 heteroatoms. The lowest BCUT2D eigenvalue weighted by Crippen LogP contribution is -2.50.